The van der Waals surface area contributed by atoms with E-state index in [9.17, 15) is 4.79 Å². The Bertz CT molecular complexity index is 690. The number of rotatable bonds is 3. The van der Waals surface area contributed by atoms with Gasteiger partial charge in [0.25, 0.3) is 0 Å². The van der Waals surface area contributed by atoms with Crippen molar-refractivity contribution in [2.75, 3.05) is 0 Å². The molecule has 1 N–H and O–H groups in total. The second-order valence-corrected chi connectivity index (χ2v) is 4.02. The number of hydrogen-bond donors (Lipinski definition) is 1. The molecule has 5 heteroatoms. The number of tetrazole rings is 1. The molecule has 0 fully saturated rings. The van der Waals surface area contributed by atoms with Crippen molar-refractivity contribution in [2.24, 2.45) is 0 Å². The van der Waals surface area contributed by atoms with Crippen LogP contribution >= 0.6 is 0 Å². The molecule has 0 atom stereocenters. The third-order valence-electron chi connectivity index (χ3n) is 2.89. The summed E-state index contributed by atoms with van der Waals surface area (Å²) in [6.45, 7) is 0. The zero-order valence-corrected chi connectivity index (χ0v) is 9.95. The molecule has 92 valence electrons. The third kappa shape index (κ3) is 2.13. The summed E-state index contributed by atoms with van der Waals surface area (Å²) in [5.41, 5.74) is 3.45. The highest BCUT2D eigenvalue weighted by molar-refractivity contribution is 5.87. The zero-order chi connectivity index (χ0) is 13.1. The molecule has 0 radical (unpaired) electrons. The quantitative estimate of drug-likeness (QED) is 0.724. The lowest BCUT2D eigenvalue weighted by atomic mass is 9.99. The lowest BCUT2D eigenvalue weighted by Gasteiger charge is -2.05. The van der Waals surface area contributed by atoms with Gasteiger partial charge in [0.1, 0.15) is 0 Å². The van der Waals surface area contributed by atoms with Crippen LogP contribution in [0.3, 0.4) is 0 Å². The predicted molar refractivity (Wildman–Crippen MR) is 70.4 cm³/mol. The van der Waals surface area contributed by atoms with E-state index in [1.54, 1.807) is 6.07 Å². The number of nitrogens with one attached hydrogen (secondary N) is 1. The number of aromatic amines is 1. The van der Waals surface area contributed by atoms with Crippen LogP contribution in [0.1, 0.15) is 10.4 Å². The fourth-order valence-corrected chi connectivity index (χ4v) is 1.95. The van der Waals surface area contributed by atoms with Crippen molar-refractivity contribution in [3.05, 3.63) is 54.1 Å². The van der Waals surface area contributed by atoms with Gasteiger partial charge in [-0.05, 0) is 16.3 Å². The standard InChI is InChI=1S/C14H10N4O/c19-9-12-3-1-2-4-13(12)10-5-7-11(8-6-10)14-15-17-18-16-14/h1-9H,(H,15,16,17,18). The van der Waals surface area contributed by atoms with Crippen LogP contribution in [0.15, 0.2) is 48.5 Å². The van der Waals surface area contributed by atoms with E-state index in [-0.39, 0.29) is 0 Å². The molecule has 1 heterocycles. The van der Waals surface area contributed by atoms with Crippen LogP contribution in [0.25, 0.3) is 22.5 Å². The Morgan fingerprint density at radius 2 is 1.68 bits per heavy atom. The maximum absolute atomic E-state index is 11.0. The van der Waals surface area contributed by atoms with Crippen molar-refractivity contribution < 1.29 is 4.79 Å². The molecular formula is C14H10N4O. The van der Waals surface area contributed by atoms with Crippen LogP contribution < -0.4 is 0 Å². The maximum Gasteiger partial charge on any atom is 0.204 e. The molecule has 0 aliphatic carbocycles. The molecular weight excluding hydrogens is 240 g/mol. The van der Waals surface area contributed by atoms with Gasteiger partial charge in [-0.2, -0.15) is 5.21 Å². The average molecular weight is 250 g/mol. The van der Waals surface area contributed by atoms with E-state index in [4.69, 9.17) is 0 Å². The van der Waals surface area contributed by atoms with Gasteiger partial charge in [0.2, 0.25) is 5.82 Å². The molecule has 0 unspecified atom stereocenters. The molecule has 0 saturated carbocycles. The van der Waals surface area contributed by atoms with Gasteiger partial charge in [-0.15, -0.1) is 10.2 Å². The average Bonchev–Trinajstić information content (AvgIpc) is 3.02. The van der Waals surface area contributed by atoms with Gasteiger partial charge in [0, 0.05) is 11.1 Å². The van der Waals surface area contributed by atoms with Gasteiger partial charge in [-0.1, -0.05) is 48.5 Å². The highest BCUT2D eigenvalue weighted by Crippen LogP contribution is 2.24. The zero-order valence-electron chi connectivity index (χ0n) is 9.95. The Morgan fingerprint density at radius 3 is 2.37 bits per heavy atom. The molecule has 0 aliphatic rings. The Kier molecular flexibility index (Phi) is 2.86. The van der Waals surface area contributed by atoms with Gasteiger partial charge >= 0.3 is 0 Å². The van der Waals surface area contributed by atoms with Gasteiger partial charge in [-0.3, -0.25) is 4.79 Å². The fourth-order valence-electron chi connectivity index (χ4n) is 1.95. The molecule has 2 aromatic carbocycles. The Hall–Kier alpha value is -2.82. The molecule has 0 aliphatic heterocycles. The lowest BCUT2D eigenvalue weighted by molar-refractivity contribution is 0.112. The van der Waals surface area contributed by atoms with Crippen LogP contribution in [-0.2, 0) is 0 Å². The summed E-state index contributed by atoms with van der Waals surface area (Å²) in [5.74, 6) is 0.551. The fraction of sp³-hybridized carbons (Fsp3) is 0. The summed E-state index contributed by atoms with van der Waals surface area (Å²) in [6.07, 6.45) is 0.864. The maximum atomic E-state index is 11.0. The van der Waals surface area contributed by atoms with E-state index in [1.807, 2.05) is 42.5 Å². The van der Waals surface area contributed by atoms with Crippen molar-refractivity contribution >= 4 is 6.29 Å². The SMILES string of the molecule is O=Cc1ccccc1-c1ccc(-c2nn[nH]n2)cc1. The van der Waals surface area contributed by atoms with Crippen LogP contribution in [0.4, 0.5) is 0 Å². The van der Waals surface area contributed by atoms with E-state index in [1.165, 1.54) is 0 Å². The molecule has 0 saturated heterocycles. The molecule has 0 spiro atoms. The first-order valence-corrected chi connectivity index (χ1v) is 5.77. The first-order chi connectivity index (χ1) is 9.38. The summed E-state index contributed by atoms with van der Waals surface area (Å²) in [5, 5.41) is 13.8. The molecule has 0 amide bonds. The Labute approximate surface area is 109 Å². The number of hydrogen-bond acceptors (Lipinski definition) is 4. The van der Waals surface area contributed by atoms with Crippen molar-refractivity contribution in [2.45, 2.75) is 0 Å². The highest BCUT2D eigenvalue weighted by atomic mass is 16.1. The van der Waals surface area contributed by atoms with Crippen LogP contribution in [-0.4, -0.2) is 26.9 Å². The number of nitrogens with zero attached hydrogens (tertiary/aromatic N) is 3. The van der Waals surface area contributed by atoms with Crippen molar-refractivity contribution in [1.29, 1.82) is 0 Å². The minimum Gasteiger partial charge on any atom is -0.298 e. The summed E-state index contributed by atoms with van der Waals surface area (Å²) >= 11 is 0. The van der Waals surface area contributed by atoms with Gasteiger partial charge in [0.15, 0.2) is 6.29 Å². The van der Waals surface area contributed by atoms with Crippen LogP contribution in [0.2, 0.25) is 0 Å². The topological polar surface area (TPSA) is 71.5 Å². The number of H-pyrrole nitrogens is 1. The second-order valence-electron chi connectivity index (χ2n) is 4.02. The largest absolute Gasteiger partial charge is 0.298 e. The van der Waals surface area contributed by atoms with Gasteiger partial charge in [0.05, 0.1) is 0 Å². The molecule has 3 aromatic rings. The second kappa shape index (κ2) is 4.81. The first-order valence-electron chi connectivity index (χ1n) is 5.77. The summed E-state index contributed by atoms with van der Waals surface area (Å²) in [7, 11) is 0. The van der Waals surface area contributed by atoms with E-state index in [0.29, 0.717) is 11.4 Å². The number of benzene rings is 2. The highest BCUT2D eigenvalue weighted by Gasteiger charge is 2.06. The van der Waals surface area contributed by atoms with Crippen LogP contribution in [0, 0.1) is 0 Å². The molecule has 5 nitrogen and oxygen atoms in total. The minimum absolute atomic E-state index is 0.551. The van der Waals surface area contributed by atoms with Crippen molar-refractivity contribution in [3.8, 4) is 22.5 Å². The predicted octanol–water partition coefficient (Wildman–Crippen LogP) is 2.35. The van der Waals surface area contributed by atoms with Gasteiger partial charge < -0.3 is 0 Å². The normalized spacial score (nSPS) is 10.3. The summed E-state index contributed by atoms with van der Waals surface area (Å²) in [6, 6.07) is 15.2. The number of aldehydes is 1. The number of carbonyl (C=O) groups excluding carboxylic acids is 1. The minimum atomic E-state index is 0.551. The number of carbonyl (C=O) groups is 1. The Balaban J connectivity index is 2.01. The van der Waals surface area contributed by atoms with E-state index >= 15 is 0 Å². The van der Waals surface area contributed by atoms with E-state index < -0.39 is 0 Å². The molecule has 19 heavy (non-hydrogen) atoms. The smallest absolute Gasteiger partial charge is 0.204 e. The molecule has 1 aromatic heterocycles. The molecule has 0 bridgehead atoms. The summed E-state index contributed by atoms with van der Waals surface area (Å²) in [4.78, 5) is 11.0. The monoisotopic (exact) mass is 250 g/mol. The number of aromatic nitrogens is 4. The summed E-state index contributed by atoms with van der Waals surface area (Å²) < 4.78 is 0. The van der Waals surface area contributed by atoms with Crippen molar-refractivity contribution in [3.63, 3.8) is 0 Å². The van der Waals surface area contributed by atoms with Crippen molar-refractivity contribution in [1.82, 2.24) is 20.6 Å². The van der Waals surface area contributed by atoms with E-state index in [2.05, 4.69) is 20.6 Å². The third-order valence-corrected chi connectivity index (χ3v) is 2.89. The lowest BCUT2D eigenvalue weighted by Crippen LogP contribution is -1.87. The van der Waals surface area contributed by atoms with E-state index in [0.717, 1.165) is 23.0 Å². The molecule has 3 rings (SSSR count). The van der Waals surface area contributed by atoms with Crippen LogP contribution in [0.5, 0.6) is 0 Å². The first kappa shape index (κ1) is 11.3. The Morgan fingerprint density at radius 1 is 0.947 bits per heavy atom. The van der Waals surface area contributed by atoms with Gasteiger partial charge in [-0.25, -0.2) is 0 Å².